The van der Waals surface area contributed by atoms with E-state index in [1.54, 1.807) is 36.3 Å². The molecule has 1 fully saturated rings. The second-order valence-electron chi connectivity index (χ2n) is 7.80. The van der Waals surface area contributed by atoms with Crippen molar-refractivity contribution in [2.75, 3.05) is 26.8 Å². The van der Waals surface area contributed by atoms with Gasteiger partial charge in [0, 0.05) is 32.4 Å². The van der Waals surface area contributed by atoms with Gasteiger partial charge >= 0.3 is 0 Å². The number of aryl methyl sites for hydroxylation is 2. The molecule has 0 bridgehead atoms. The van der Waals surface area contributed by atoms with Crippen molar-refractivity contribution in [2.24, 2.45) is 11.1 Å². The minimum Gasteiger partial charge on any atom is -0.489 e. The third-order valence-electron chi connectivity index (χ3n) is 5.98. The monoisotopic (exact) mass is 415 g/mol. The normalized spacial score (nSPS) is 15.8. The summed E-state index contributed by atoms with van der Waals surface area (Å²) in [4.78, 5) is 26.6. The lowest BCUT2D eigenvalue weighted by molar-refractivity contribution is -0.131. The lowest BCUT2D eigenvalue weighted by Crippen LogP contribution is -2.49. The molecular weight excluding hydrogens is 386 g/mol. The van der Waals surface area contributed by atoms with Gasteiger partial charge in [-0.1, -0.05) is 5.16 Å². The molecule has 2 amide bonds. The fraction of sp³-hybridized carbons (Fsp3) is 0.500. The molecule has 30 heavy (non-hydrogen) atoms. The summed E-state index contributed by atoms with van der Waals surface area (Å²) in [6, 6.07) is 7.07. The molecule has 0 saturated carbocycles. The summed E-state index contributed by atoms with van der Waals surface area (Å²) in [5, 5.41) is 3.91. The van der Waals surface area contributed by atoms with E-state index in [0.717, 1.165) is 17.0 Å². The molecule has 1 aliphatic heterocycles. The second-order valence-corrected chi connectivity index (χ2v) is 7.80. The van der Waals surface area contributed by atoms with Gasteiger partial charge in [0.1, 0.15) is 18.1 Å². The van der Waals surface area contributed by atoms with Crippen LogP contribution in [0.3, 0.4) is 0 Å². The Morgan fingerprint density at radius 3 is 2.40 bits per heavy atom. The first-order valence-corrected chi connectivity index (χ1v) is 10.1. The first-order valence-electron chi connectivity index (χ1n) is 10.1. The van der Waals surface area contributed by atoms with Crippen LogP contribution in [0, 0.1) is 19.3 Å². The van der Waals surface area contributed by atoms with Crippen LogP contribution in [-0.4, -0.2) is 48.7 Å². The molecule has 0 radical (unpaired) electrons. The Labute approximate surface area is 176 Å². The summed E-state index contributed by atoms with van der Waals surface area (Å²) in [6.45, 7) is 5.55. The molecule has 8 heteroatoms. The van der Waals surface area contributed by atoms with Crippen LogP contribution >= 0.6 is 0 Å². The zero-order chi connectivity index (χ0) is 21.7. The van der Waals surface area contributed by atoms with Crippen molar-refractivity contribution < 1.29 is 23.6 Å². The summed E-state index contributed by atoms with van der Waals surface area (Å²) in [5.41, 5.74) is 7.38. The number of nitrogens with two attached hydrogens (primary N) is 1. The van der Waals surface area contributed by atoms with E-state index >= 15 is 0 Å². The van der Waals surface area contributed by atoms with Gasteiger partial charge in [0.2, 0.25) is 5.91 Å². The average molecular weight is 415 g/mol. The zero-order valence-electron chi connectivity index (χ0n) is 17.8. The number of primary amides is 1. The number of methoxy groups -OCH3 is 1. The zero-order valence-corrected chi connectivity index (χ0v) is 17.8. The van der Waals surface area contributed by atoms with E-state index in [9.17, 15) is 9.59 Å². The molecule has 0 atom stereocenters. The van der Waals surface area contributed by atoms with Crippen LogP contribution in [-0.2, 0) is 16.1 Å². The molecule has 162 valence electrons. The fourth-order valence-electron chi connectivity index (χ4n) is 3.79. The molecule has 1 aromatic heterocycles. The topological polar surface area (TPSA) is 108 Å². The van der Waals surface area contributed by atoms with Gasteiger partial charge < -0.3 is 24.6 Å². The Balaban J connectivity index is 1.58. The van der Waals surface area contributed by atoms with Crippen molar-refractivity contribution in [1.29, 1.82) is 0 Å². The molecule has 2 aromatic rings. The van der Waals surface area contributed by atoms with Crippen LogP contribution in [0.1, 0.15) is 46.6 Å². The Morgan fingerprint density at radius 2 is 1.87 bits per heavy atom. The van der Waals surface area contributed by atoms with Gasteiger partial charge in [0.15, 0.2) is 0 Å². The smallest absolute Gasteiger partial charge is 0.253 e. The van der Waals surface area contributed by atoms with E-state index in [4.69, 9.17) is 19.7 Å². The molecule has 0 spiro atoms. The van der Waals surface area contributed by atoms with Gasteiger partial charge in [-0.2, -0.15) is 0 Å². The van der Waals surface area contributed by atoms with E-state index in [2.05, 4.69) is 5.16 Å². The molecule has 3 rings (SSSR count). The van der Waals surface area contributed by atoms with Gasteiger partial charge in [-0.25, -0.2) is 0 Å². The van der Waals surface area contributed by atoms with E-state index in [1.807, 2.05) is 13.8 Å². The molecule has 0 aliphatic carbocycles. The predicted octanol–water partition coefficient (Wildman–Crippen LogP) is 2.61. The fourth-order valence-corrected chi connectivity index (χ4v) is 3.79. The van der Waals surface area contributed by atoms with Gasteiger partial charge in [-0.05, 0) is 57.4 Å². The number of rotatable bonds is 8. The quantitative estimate of drug-likeness (QED) is 0.710. The SMILES string of the molecule is COCCC1(C(N)=O)CCN(C(=O)c2ccc(OCc3c(C)noc3C)cc2)CC1. The summed E-state index contributed by atoms with van der Waals surface area (Å²) in [7, 11) is 1.61. The number of likely N-dealkylation sites (tertiary alicyclic amines) is 1. The van der Waals surface area contributed by atoms with Crippen molar-refractivity contribution in [2.45, 2.75) is 39.7 Å². The van der Waals surface area contributed by atoms with E-state index < -0.39 is 5.41 Å². The van der Waals surface area contributed by atoms with E-state index in [-0.39, 0.29) is 11.8 Å². The standard InChI is InChI=1S/C22H29N3O5/c1-15-19(16(2)30-24-15)14-29-18-6-4-17(5-7-18)20(26)25-11-8-22(9-12-25,21(23)27)10-13-28-3/h4-7H,8-14H2,1-3H3,(H2,23,27). The van der Waals surface area contributed by atoms with E-state index in [1.165, 1.54) is 0 Å². The Morgan fingerprint density at radius 1 is 1.20 bits per heavy atom. The lowest BCUT2D eigenvalue weighted by atomic mass is 9.75. The largest absolute Gasteiger partial charge is 0.489 e. The van der Waals surface area contributed by atoms with Crippen molar-refractivity contribution in [3.8, 4) is 5.75 Å². The molecular formula is C22H29N3O5. The number of benzene rings is 1. The Hall–Kier alpha value is -2.87. The second kappa shape index (κ2) is 9.30. The van der Waals surface area contributed by atoms with Gasteiger partial charge in [0.05, 0.1) is 16.7 Å². The highest BCUT2D eigenvalue weighted by Gasteiger charge is 2.40. The molecule has 1 saturated heterocycles. The molecule has 2 N–H and O–H groups in total. The highest BCUT2D eigenvalue weighted by atomic mass is 16.5. The third kappa shape index (κ3) is 4.64. The highest BCUT2D eigenvalue weighted by molar-refractivity contribution is 5.94. The summed E-state index contributed by atoms with van der Waals surface area (Å²) in [6.07, 6.45) is 1.68. The predicted molar refractivity (Wildman–Crippen MR) is 110 cm³/mol. The molecule has 2 heterocycles. The molecule has 1 aliphatic rings. The van der Waals surface area contributed by atoms with Crippen LogP contribution in [0.5, 0.6) is 5.75 Å². The maximum atomic E-state index is 12.9. The summed E-state index contributed by atoms with van der Waals surface area (Å²) >= 11 is 0. The number of ether oxygens (including phenoxy) is 2. The Bertz CT molecular complexity index is 863. The van der Waals surface area contributed by atoms with Crippen molar-refractivity contribution in [1.82, 2.24) is 10.1 Å². The maximum absolute atomic E-state index is 12.9. The minimum absolute atomic E-state index is 0.0583. The number of carbonyl (C=O) groups excluding carboxylic acids is 2. The summed E-state index contributed by atoms with van der Waals surface area (Å²) < 4.78 is 16.1. The molecule has 1 aromatic carbocycles. The number of piperidine rings is 1. The third-order valence-corrected chi connectivity index (χ3v) is 5.98. The van der Waals surface area contributed by atoms with Crippen molar-refractivity contribution in [3.05, 3.63) is 46.8 Å². The molecule has 8 nitrogen and oxygen atoms in total. The highest BCUT2D eigenvalue weighted by Crippen LogP contribution is 2.35. The van der Waals surface area contributed by atoms with Gasteiger partial charge in [-0.15, -0.1) is 0 Å². The Kier molecular flexibility index (Phi) is 6.77. The number of aromatic nitrogens is 1. The average Bonchev–Trinajstić information content (AvgIpc) is 3.08. The van der Waals surface area contributed by atoms with Crippen LogP contribution in [0.2, 0.25) is 0 Å². The summed E-state index contributed by atoms with van der Waals surface area (Å²) in [5.74, 6) is 1.03. The number of amides is 2. The minimum atomic E-state index is -0.595. The van der Waals surface area contributed by atoms with Gasteiger partial charge in [0.25, 0.3) is 5.91 Å². The van der Waals surface area contributed by atoms with Crippen LogP contribution < -0.4 is 10.5 Å². The number of nitrogens with zero attached hydrogens (tertiary/aromatic N) is 2. The number of hydrogen-bond acceptors (Lipinski definition) is 6. The lowest BCUT2D eigenvalue weighted by Gasteiger charge is -2.39. The van der Waals surface area contributed by atoms with Crippen LogP contribution in [0.25, 0.3) is 0 Å². The number of hydrogen-bond donors (Lipinski definition) is 1. The van der Waals surface area contributed by atoms with Crippen LogP contribution in [0.4, 0.5) is 0 Å². The first kappa shape index (κ1) is 21.8. The van der Waals surface area contributed by atoms with Gasteiger partial charge in [-0.3, -0.25) is 9.59 Å². The number of carbonyl (C=O) groups is 2. The van der Waals surface area contributed by atoms with Crippen LogP contribution in [0.15, 0.2) is 28.8 Å². The maximum Gasteiger partial charge on any atom is 0.253 e. The van der Waals surface area contributed by atoms with Crippen molar-refractivity contribution in [3.63, 3.8) is 0 Å². The first-order chi connectivity index (χ1) is 14.4. The van der Waals surface area contributed by atoms with E-state index in [0.29, 0.717) is 56.9 Å². The van der Waals surface area contributed by atoms with Crippen molar-refractivity contribution >= 4 is 11.8 Å². The molecule has 0 unspecified atom stereocenters.